The third-order valence-corrected chi connectivity index (χ3v) is 5.58. The number of rotatable bonds is 6. The number of nitro benzene ring substituents is 1. The van der Waals surface area contributed by atoms with Crippen LogP contribution in [0, 0.1) is 10.1 Å². The van der Waals surface area contributed by atoms with Crippen LogP contribution in [0.2, 0.25) is 0 Å². The Morgan fingerprint density at radius 2 is 1.68 bits per heavy atom. The summed E-state index contributed by atoms with van der Waals surface area (Å²) in [6.45, 7) is 0. The highest BCUT2D eigenvalue weighted by Gasteiger charge is 2.15. The van der Waals surface area contributed by atoms with Crippen molar-refractivity contribution in [3.8, 4) is 17.1 Å². The lowest BCUT2D eigenvalue weighted by Gasteiger charge is -2.08. The van der Waals surface area contributed by atoms with E-state index >= 15 is 0 Å². The highest BCUT2D eigenvalue weighted by atomic mass is 32.2. The average Bonchev–Trinajstić information content (AvgIpc) is 3.43. The van der Waals surface area contributed by atoms with Gasteiger partial charge in [-0.2, -0.15) is 0 Å². The molecule has 0 saturated carbocycles. The molecule has 31 heavy (non-hydrogen) atoms. The first-order chi connectivity index (χ1) is 15.2. The first-order valence-electron chi connectivity index (χ1n) is 9.42. The normalized spacial score (nSPS) is 11.1. The number of aromatic nitrogens is 4. The largest absolute Gasteiger partial charge is 0.420 e. The molecule has 0 amide bonds. The molecule has 5 aromatic rings. The second-order valence-corrected chi connectivity index (χ2v) is 7.59. The minimum Gasteiger partial charge on any atom is -0.420 e. The van der Waals surface area contributed by atoms with E-state index in [0.29, 0.717) is 23.1 Å². The number of fused-ring (bicyclic) bond motifs is 1. The fraction of sp³-hybridized carbons (Fsp3) is 0.0455. The Hall–Kier alpha value is -3.98. The fourth-order valence-electron chi connectivity index (χ4n) is 3.21. The number of non-ortho nitro benzene ring substituents is 1. The quantitative estimate of drug-likeness (QED) is 0.206. The highest BCUT2D eigenvalue weighted by Crippen LogP contribution is 2.30. The maximum atomic E-state index is 10.8. The molecule has 0 aliphatic carbocycles. The molecule has 2 heterocycles. The van der Waals surface area contributed by atoms with Crippen LogP contribution < -0.4 is 0 Å². The Kier molecular flexibility index (Phi) is 4.93. The SMILES string of the molecule is O=[N+]([O-])c1ccc(-c2nnc(CSc3nc4ccccc4n3-c3ccccc3)o2)cc1. The first kappa shape index (κ1) is 19.0. The van der Waals surface area contributed by atoms with Gasteiger partial charge >= 0.3 is 0 Å². The Morgan fingerprint density at radius 1 is 0.935 bits per heavy atom. The molecule has 0 aliphatic rings. The predicted molar refractivity (Wildman–Crippen MR) is 117 cm³/mol. The highest BCUT2D eigenvalue weighted by molar-refractivity contribution is 7.98. The maximum absolute atomic E-state index is 10.8. The summed E-state index contributed by atoms with van der Waals surface area (Å²) in [5, 5.41) is 19.8. The van der Waals surface area contributed by atoms with Crippen molar-refractivity contribution >= 4 is 28.5 Å². The van der Waals surface area contributed by atoms with Crippen molar-refractivity contribution in [3.63, 3.8) is 0 Å². The Balaban J connectivity index is 1.40. The Bertz CT molecular complexity index is 1360. The summed E-state index contributed by atoms with van der Waals surface area (Å²) in [7, 11) is 0. The van der Waals surface area contributed by atoms with E-state index in [1.165, 1.54) is 23.9 Å². The number of nitrogens with zero attached hydrogens (tertiary/aromatic N) is 5. The van der Waals surface area contributed by atoms with Gasteiger partial charge in [0.1, 0.15) is 0 Å². The van der Waals surface area contributed by atoms with Crippen molar-refractivity contribution < 1.29 is 9.34 Å². The van der Waals surface area contributed by atoms with Gasteiger partial charge in [0.05, 0.1) is 21.7 Å². The van der Waals surface area contributed by atoms with Crippen molar-refractivity contribution in [3.05, 3.63) is 94.9 Å². The van der Waals surface area contributed by atoms with Gasteiger partial charge in [-0.05, 0) is 36.4 Å². The summed E-state index contributed by atoms with van der Waals surface area (Å²) < 4.78 is 7.87. The zero-order valence-corrected chi connectivity index (χ0v) is 16.9. The molecule has 0 unspecified atom stereocenters. The van der Waals surface area contributed by atoms with Gasteiger partial charge in [-0.1, -0.05) is 42.1 Å². The molecule has 152 valence electrons. The molecule has 9 heteroatoms. The van der Waals surface area contributed by atoms with E-state index in [2.05, 4.69) is 14.8 Å². The van der Waals surface area contributed by atoms with E-state index in [1.807, 2.05) is 54.6 Å². The number of thioether (sulfide) groups is 1. The van der Waals surface area contributed by atoms with Crippen LogP contribution in [0.5, 0.6) is 0 Å². The fourth-order valence-corrected chi connectivity index (χ4v) is 4.07. The van der Waals surface area contributed by atoms with Gasteiger partial charge in [-0.15, -0.1) is 10.2 Å². The number of para-hydroxylation sites is 3. The molecular formula is C22H15N5O3S. The second kappa shape index (κ2) is 8.04. The van der Waals surface area contributed by atoms with Crippen LogP contribution in [0.1, 0.15) is 5.89 Å². The lowest BCUT2D eigenvalue weighted by molar-refractivity contribution is -0.384. The Labute approximate surface area is 180 Å². The molecule has 0 radical (unpaired) electrons. The van der Waals surface area contributed by atoms with Crippen LogP contribution in [0.25, 0.3) is 28.2 Å². The van der Waals surface area contributed by atoms with Gasteiger partial charge in [0.2, 0.25) is 11.8 Å². The smallest absolute Gasteiger partial charge is 0.269 e. The first-order valence-corrected chi connectivity index (χ1v) is 10.4. The van der Waals surface area contributed by atoms with Crippen molar-refractivity contribution in [2.45, 2.75) is 10.9 Å². The molecule has 0 N–H and O–H groups in total. The molecule has 0 saturated heterocycles. The van der Waals surface area contributed by atoms with Crippen LogP contribution in [-0.2, 0) is 5.75 Å². The molecule has 0 atom stereocenters. The van der Waals surface area contributed by atoms with Gasteiger partial charge in [0.15, 0.2) is 5.16 Å². The average molecular weight is 429 g/mol. The third kappa shape index (κ3) is 3.78. The van der Waals surface area contributed by atoms with E-state index < -0.39 is 4.92 Å². The predicted octanol–water partition coefficient (Wildman–Crippen LogP) is 5.28. The summed E-state index contributed by atoms with van der Waals surface area (Å²) in [5.41, 5.74) is 3.60. The molecule has 5 rings (SSSR count). The molecule has 3 aromatic carbocycles. The minimum absolute atomic E-state index is 0.0128. The summed E-state index contributed by atoms with van der Waals surface area (Å²) in [6, 6.07) is 24.0. The van der Waals surface area contributed by atoms with Gasteiger partial charge in [0, 0.05) is 23.4 Å². The summed E-state index contributed by atoms with van der Waals surface area (Å²) >= 11 is 1.50. The molecule has 8 nitrogen and oxygen atoms in total. The van der Waals surface area contributed by atoms with Crippen LogP contribution in [0.3, 0.4) is 0 Å². The monoisotopic (exact) mass is 429 g/mol. The second-order valence-electron chi connectivity index (χ2n) is 6.65. The van der Waals surface area contributed by atoms with Crippen molar-refractivity contribution in [1.82, 2.24) is 19.7 Å². The molecule has 0 fully saturated rings. The van der Waals surface area contributed by atoms with Gasteiger partial charge in [-0.25, -0.2) is 4.98 Å². The van der Waals surface area contributed by atoms with Gasteiger partial charge in [-0.3, -0.25) is 14.7 Å². The van der Waals surface area contributed by atoms with E-state index in [1.54, 1.807) is 12.1 Å². The zero-order valence-electron chi connectivity index (χ0n) is 16.1. The summed E-state index contributed by atoms with van der Waals surface area (Å²) in [4.78, 5) is 15.1. The van der Waals surface area contributed by atoms with E-state index in [-0.39, 0.29) is 5.69 Å². The topological polar surface area (TPSA) is 99.9 Å². The number of hydrogen-bond acceptors (Lipinski definition) is 7. The molecule has 0 spiro atoms. The number of hydrogen-bond donors (Lipinski definition) is 0. The zero-order chi connectivity index (χ0) is 21.2. The van der Waals surface area contributed by atoms with Gasteiger partial charge in [0.25, 0.3) is 5.69 Å². The summed E-state index contributed by atoms with van der Waals surface area (Å²) in [5.74, 6) is 1.21. The van der Waals surface area contributed by atoms with Crippen LogP contribution in [-0.4, -0.2) is 24.7 Å². The molecule has 0 aliphatic heterocycles. The van der Waals surface area contributed by atoms with E-state index in [4.69, 9.17) is 9.40 Å². The Morgan fingerprint density at radius 3 is 2.45 bits per heavy atom. The number of benzene rings is 3. The van der Waals surface area contributed by atoms with E-state index in [0.717, 1.165) is 21.9 Å². The van der Waals surface area contributed by atoms with Crippen LogP contribution >= 0.6 is 11.8 Å². The lowest BCUT2D eigenvalue weighted by Crippen LogP contribution is -1.96. The van der Waals surface area contributed by atoms with Crippen molar-refractivity contribution in [1.29, 1.82) is 0 Å². The maximum Gasteiger partial charge on any atom is 0.269 e. The van der Waals surface area contributed by atoms with Crippen molar-refractivity contribution in [2.24, 2.45) is 0 Å². The summed E-state index contributed by atoms with van der Waals surface area (Å²) in [6.07, 6.45) is 0. The lowest BCUT2D eigenvalue weighted by atomic mass is 10.2. The van der Waals surface area contributed by atoms with Crippen LogP contribution in [0.4, 0.5) is 5.69 Å². The van der Waals surface area contributed by atoms with Crippen LogP contribution in [0.15, 0.2) is 88.4 Å². The minimum atomic E-state index is -0.446. The standard InChI is InChI=1S/C22H15N5O3S/c28-27(29)17-12-10-15(11-13-17)21-25-24-20(30-21)14-31-22-23-18-8-4-5-9-19(18)26(22)16-6-2-1-3-7-16/h1-13H,14H2. The van der Waals surface area contributed by atoms with Gasteiger partial charge < -0.3 is 4.42 Å². The molecule has 2 aromatic heterocycles. The molecule has 0 bridgehead atoms. The molecular weight excluding hydrogens is 414 g/mol. The third-order valence-electron chi connectivity index (χ3n) is 4.66. The number of nitro groups is 1. The van der Waals surface area contributed by atoms with E-state index in [9.17, 15) is 10.1 Å². The number of imidazole rings is 1. The van der Waals surface area contributed by atoms with Crippen molar-refractivity contribution in [2.75, 3.05) is 0 Å².